The number of aromatic nitrogens is 2. The average Bonchev–Trinajstić information content (AvgIpc) is 2.69. The normalized spacial score (nSPS) is 11.6. The highest BCUT2D eigenvalue weighted by Gasteiger charge is 2.34. The highest BCUT2D eigenvalue weighted by Crippen LogP contribution is 2.35. The molecule has 0 spiro atoms. The predicted octanol–water partition coefficient (Wildman–Crippen LogP) is 2.48. The third-order valence-corrected chi connectivity index (χ3v) is 2.34. The second-order valence-electron chi connectivity index (χ2n) is 3.54. The van der Waals surface area contributed by atoms with Gasteiger partial charge in [0.1, 0.15) is 5.82 Å². The van der Waals surface area contributed by atoms with E-state index < -0.39 is 11.7 Å². The molecule has 0 unspecified atom stereocenters. The van der Waals surface area contributed by atoms with Crippen LogP contribution < -0.4 is 10.5 Å². The van der Waals surface area contributed by atoms with Crippen LogP contribution in [0.1, 0.15) is 5.56 Å². The highest BCUT2D eigenvalue weighted by molar-refractivity contribution is 5.47. The number of rotatable bonds is 2. The van der Waals surface area contributed by atoms with Crippen LogP contribution >= 0.6 is 0 Å². The Hall–Kier alpha value is -2.18. The van der Waals surface area contributed by atoms with Crippen molar-refractivity contribution in [3.8, 4) is 11.7 Å². The number of nitrogens with zero attached hydrogens (tertiary/aromatic N) is 2. The first-order valence-electron chi connectivity index (χ1n) is 4.99. The number of benzene rings is 1. The predicted molar refractivity (Wildman–Crippen MR) is 59.5 cm³/mol. The Labute approximate surface area is 101 Å². The second kappa shape index (κ2) is 4.25. The molecule has 1 heterocycles. The van der Waals surface area contributed by atoms with Crippen LogP contribution in [0, 0.1) is 0 Å². The maximum atomic E-state index is 12.9. The number of nitrogen functional groups attached to an aromatic ring is 1. The van der Waals surface area contributed by atoms with Gasteiger partial charge < -0.3 is 10.5 Å². The lowest BCUT2D eigenvalue weighted by Gasteiger charge is -2.14. The zero-order chi connectivity index (χ0) is 13.3. The van der Waals surface area contributed by atoms with E-state index in [1.54, 1.807) is 0 Å². The van der Waals surface area contributed by atoms with Gasteiger partial charge in [0.15, 0.2) is 0 Å². The molecule has 0 fully saturated rings. The smallest absolute Gasteiger partial charge is 0.418 e. The van der Waals surface area contributed by atoms with Crippen molar-refractivity contribution in [2.45, 2.75) is 6.18 Å². The number of anilines is 1. The van der Waals surface area contributed by atoms with Crippen LogP contribution in [0.3, 0.4) is 0 Å². The van der Waals surface area contributed by atoms with E-state index in [2.05, 4.69) is 4.98 Å². The van der Waals surface area contributed by atoms with Gasteiger partial charge in [-0.05, 0) is 12.1 Å². The van der Waals surface area contributed by atoms with Crippen molar-refractivity contribution >= 4 is 5.82 Å². The maximum Gasteiger partial charge on any atom is 0.418 e. The molecule has 0 saturated carbocycles. The Bertz CT molecular complexity index is 563. The standard InChI is InChI=1S/C11H10F3N3O/c1-18-10-16-9(15)6-17(10)8-5-3-2-4-7(8)11(12,13)14/h2-6H,15H2,1H3. The van der Waals surface area contributed by atoms with Crippen LogP contribution in [-0.4, -0.2) is 16.7 Å². The number of hydrogen-bond acceptors (Lipinski definition) is 3. The van der Waals surface area contributed by atoms with E-state index >= 15 is 0 Å². The van der Waals surface area contributed by atoms with E-state index in [0.717, 1.165) is 10.6 Å². The molecule has 1 aromatic heterocycles. The first kappa shape index (κ1) is 12.3. The summed E-state index contributed by atoms with van der Waals surface area (Å²) < 4.78 is 44.7. The molecule has 18 heavy (non-hydrogen) atoms. The largest absolute Gasteiger partial charge is 0.468 e. The molecular weight excluding hydrogens is 247 g/mol. The molecule has 2 aromatic rings. The molecule has 2 N–H and O–H groups in total. The molecule has 0 aliphatic heterocycles. The van der Waals surface area contributed by atoms with Crippen LogP contribution in [0.2, 0.25) is 0 Å². The lowest BCUT2D eigenvalue weighted by atomic mass is 10.1. The van der Waals surface area contributed by atoms with E-state index in [-0.39, 0.29) is 17.5 Å². The lowest BCUT2D eigenvalue weighted by molar-refractivity contribution is -0.137. The minimum absolute atomic E-state index is 0.00389. The Morgan fingerprint density at radius 1 is 1.28 bits per heavy atom. The lowest BCUT2D eigenvalue weighted by Crippen LogP contribution is -2.10. The molecule has 0 bridgehead atoms. The fourth-order valence-corrected chi connectivity index (χ4v) is 1.62. The van der Waals surface area contributed by atoms with E-state index in [9.17, 15) is 13.2 Å². The van der Waals surface area contributed by atoms with Gasteiger partial charge in [0.05, 0.1) is 24.6 Å². The SMILES string of the molecule is COc1nc(N)cn1-c1ccccc1C(F)(F)F. The molecule has 0 amide bonds. The van der Waals surface area contributed by atoms with Gasteiger partial charge in [-0.2, -0.15) is 18.2 Å². The fourth-order valence-electron chi connectivity index (χ4n) is 1.62. The molecule has 0 aliphatic carbocycles. The summed E-state index contributed by atoms with van der Waals surface area (Å²) in [6.07, 6.45) is -3.18. The number of methoxy groups -OCH3 is 1. The van der Waals surface area contributed by atoms with Gasteiger partial charge in [-0.15, -0.1) is 0 Å². The van der Waals surface area contributed by atoms with Crippen molar-refractivity contribution in [2.24, 2.45) is 0 Å². The molecule has 7 heteroatoms. The number of nitrogens with two attached hydrogens (primary N) is 1. The zero-order valence-corrected chi connectivity index (χ0v) is 9.40. The van der Waals surface area contributed by atoms with E-state index in [1.807, 2.05) is 0 Å². The summed E-state index contributed by atoms with van der Waals surface area (Å²) in [6.45, 7) is 0. The summed E-state index contributed by atoms with van der Waals surface area (Å²) in [4.78, 5) is 3.78. The summed E-state index contributed by atoms with van der Waals surface area (Å²) in [5.41, 5.74) is 4.60. The van der Waals surface area contributed by atoms with E-state index in [0.29, 0.717) is 0 Å². The Morgan fingerprint density at radius 3 is 2.56 bits per heavy atom. The van der Waals surface area contributed by atoms with Crippen LogP contribution in [0.15, 0.2) is 30.5 Å². The van der Waals surface area contributed by atoms with Gasteiger partial charge in [0, 0.05) is 0 Å². The first-order valence-corrected chi connectivity index (χ1v) is 4.99. The quantitative estimate of drug-likeness (QED) is 0.899. The number of ether oxygens (including phenoxy) is 1. The van der Waals surface area contributed by atoms with E-state index in [4.69, 9.17) is 10.5 Å². The molecule has 1 aromatic carbocycles. The molecule has 0 atom stereocenters. The summed E-state index contributed by atoms with van der Waals surface area (Å²) in [5, 5.41) is 0. The molecular formula is C11H10F3N3O. The zero-order valence-electron chi connectivity index (χ0n) is 9.40. The van der Waals surface area contributed by atoms with Crippen molar-refractivity contribution in [1.29, 1.82) is 0 Å². The van der Waals surface area contributed by atoms with Gasteiger partial charge in [-0.25, -0.2) is 0 Å². The number of hydrogen-bond donors (Lipinski definition) is 1. The third kappa shape index (κ3) is 2.11. The number of para-hydroxylation sites is 1. The molecule has 0 radical (unpaired) electrons. The summed E-state index contributed by atoms with van der Waals surface area (Å²) in [6, 6.07) is 5.14. The van der Waals surface area contributed by atoms with Gasteiger partial charge in [-0.3, -0.25) is 4.57 Å². The average molecular weight is 257 g/mol. The molecule has 0 saturated heterocycles. The molecule has 96 valence electrons. The van der Waals surface area contributed by atoms with Crippen LogP contribution in [0.5, 0.6) is 6.01 Å². The minimum Gasteiger partial charge on any atom is -0.468 e. The Morgan fingerprint density at radius 2 is 1.94 bits per heavy atom. The van der Waals surface area contributed by atoms with Gasteiger partial charge >= 0.3 is 12.2 Å². The van der Waals surface area contributed by atoms with Gasteiger partial charge in [-0.1, -0.05) is 12.1 Å². The van der Waals surface area contributed by atoms with Crippen LogP contribution in [0.4, 0.5) is 19.0 Å². The molecule has 2 rings (SSSR count). The van der Waals surface area contributed by atoms with Crippen LogP contribution in [-0.2, 0) is 6.18 Å². The third-order valence-electron chi connectivity index (χ3n) is 2.34. The highest BCUT2D eigenvalue weighted by atomic mass is 19.4. The van der Waals surface area contributed by atoms with Gasteiger partial charge in [0.2, 0.25) is 0 Å². The summed E-state index contributed by atoms with van der Waals surface area (Å²) in [5.74, 6) is 0.0869. The number of halogens is 3. The van der Waals surface area contributed by atoms with Crippen molar-refractivity contribution in [1.82, 2.24) is 9.55 Å². The molecule has 0 aliphatic rings. The van der Waals surface area contributed by atoms with E-state index in [1.165, 1.54) is 31.5 Å². The minimum atomic E-state index is -4.46. The number of imidazole rings is 1. The van der Waals surface area contributed by atoms with Crippen molar-refractivity contribution in [2.75, 3.05) is 12.8 Å². The fraction of sp³-hybridized carbons (Fsp3) is 0.182. The number of alkyl halides is 3. The first-order chi connectivity index (χ1) is 8.43. The second-order valence-corrected chi connectivity index (χ2v) is 3.54. The van der Waals surface area contributed by atoms with Crippen LogP contribution in [0.25, 0.3) is 5.69 Å². The monoisotopic (exact) mass is 257 g/mol. The Balaban J connectivity index is 2.64. The van der Waals surface area contributed by atoms with Crippen molar-refractivity contribution in [3.05, 3.63) is 36.0 Å². The molecule has 4 nitrogen and oxygen atoms in total. The Kier molecular flexibility index (Phi) is 2.90. The van der Waals surface area contributed by atoms with Gasteiger partial charge in [0.25, 0.3) is 0 Å². The topological polar surface area (TPSA) is 53.1 Å². The van der Waals surface area contributed by atoms with Crippen molar-refractivity contribution in [3.63, 3.8) is 0 Å². The van der Waals surface area contributed by atoms with Crippen molar-refractivity contribution < 1.29 is 17.9 Å². The summed E-state index contributed by atoms with van der Waals surface area (Å²) in [7, 11) is 1.31. The maximum absolute atomic E-state index is 12.9. The summed E-state index contributed by atoms with van der Waals surface area (Å²) >= 11 is 0.